The largest absolute Gasteiger partial charge is 0.396 e. The first-order valence-electron chi connectivity index (χ1n) is 10.6. The van der Waals surface area contributed by atoms with Crippen molar-refractivity contribution in [2.24, 2.45) is 0 Å². The van der Waals surface area contributed by atoms with Gasteiger partial charge in [0.2, 0.25) is 0 Å². The molecule has 0 saturated carbocycles. The van der Waals surface area contributed by atoms with E-state index in [0.29, 0.717) is 12.8 Å². The van der Waals surface area contributed by atoms with E-state index < -0.39 is 15.4 Å². The molecule has 1 unspecified atom stereocenters. The molecule has 0 spiro atoms. The molecular weight excluding hydrogens is 336 g/mol. The summed E-state index contributed by atoms with van der Waals surface area (Å²) in [6.07, 6.45) is 18.1. The molecule has 0 aromatic heterocycles. The van der Waals surface area contributed by atoms with E-state index in [9.17, 15) is 13.0 Å². The van der Waals surface area contributed by atoms with Crippen LogP contribution >= 0.6 is 0 Å². The first-order chi connectivity index (χ1) is 12.0. The van der Waals surface area contributed by atoms with Gasteiger partial charge in [0.25, 0.3) is 10.1 Å². The van der Waals surface area contributed by atoms with Crippen LogP contribution in [0, 0.1) is 0 Å². The third kappa shape index (κ3) is 17.1. The lowest BCUT2D eigenvalue weighted by Gasteiger charge is -2.13. The lowest BCUT2D eigenvalue weighted by Crippen LogP contribution is -2.20. The average molecular weight is 379 g/mol. The fraction of sp³-hybridized carbons (Fsp3) is 1.00. The van der Waals surface area contributed by atoms with Crippen molar-refractivity contribution in [2.45, 2.75) is 121 Å². The predicted octanol–water partition coefficient (Wildman–Crippen LogP) is 5.89. The van der Waals surface area contributed by atoms with Crippen molar-refractivity contribution in [3.63, 3.8) is 0 Å². The van der Waals surface area contributed by atoms with E-state index in [2.05, 4.69) is 6.92 Å². The van der Waals surface area contributed by atoms with Crippen molar-refractivity contribution in [2.75, 3.05) is 6.61 Å². The first-order valence-corrected chi connectivity index (χ1v) is 12.1. The lowest BCUT2D eigenvalue weighted by atomic mass is 10.0. The zero-order valence-electron chi connectivity index (χ0n) is 16.4. The fourth-order valence-corrected chi connectivity index (χ4v) is 4.24. The van der Waals surface area contributed by atoms with Gasteiger partial charge in [-0.25, -0.2) is 0 Å². The Balaban J connectivity index is 3.69. The van der Waals surface area contributed by atoms with E-state index in [4.69, 9.17) is 5.11 Å². The standard InChI is InChI=1S/C20H42O4S/c1-2-3-4-5-6-7-8-11-14-17-20(25(22,23)24)18-15-12-9-10-13-16-19-21/h20-21H,2-19H2,1H3,(H,22,23,24). The topological polar surface area (TPSA) is 74.6 Å². The van der Waals surface area contributed by atoms with Gasteiger partial charge >= 0.3 is 0 Å². The maximum atomic E-state index is 11.5. The Hall–Kier alpha value is -0.130. The molecule has 1 atom stereocenters. The van der Waals surface area contributed by atoms with Crippen LogP contribution < -0.4 is 0 Å². The summed E-state index contributed by atoms with van der Waals surface area (Å²) in [5.74, 6) is 0. The molecule has 2 N–H and O–H groups in total. The normalized spacial score (nSPS) is 13.2. The van der Waals surface area contributed by atoms with E-state index in [0.717, 1.165) is 51.4 Å². The fourth-order valence-electron chi connectivity index (χ4n) is 3.32. The molecule has 0 radical (unpaired) electrons. The summed E-state index contributed by atoms with van der Waals surface area (Å²) in [7, 11) is -3.91. The molecule has 4 nitrogen and oxygen atoms in total. The highest BCUT2D eigenvalue weighted by Gasteiger charge is 2.21. The Labute approximate surface area is 156 Å². The second-order valence-electron chi connectivity index (χ2n) is 7.39. The third-order valence-electron chi connectivity index (χ3n) is 4.99. The van der Waals surface area contributed by atoms with Crippen molar-refractivity contribution in [3.05, 3.63) is 0 Å². The van der Waals surface area contributed by atoms with Crippen molar-refractivity contribution >= 4 is 10.1 Å². The van der Waals surface area contributed by atoms with Crippen molar-refractivity contribution < 1.29 is 18.1 Å². The van der Waals surface area contributed by atoms with Gasteiger partial charge in [-0.2, -0.15) is 8.42 Å². The zero-order valence-corrected chi connectivity index (χ0v) is 17.2. The van der Waals surface area contributed by atoms with Gasteiger partial charge in [-0.05, 0) is 19.3 Å². The third-order valence-corrected chi connectivity index (χ3v) is 6.30. The summed E-state index contributed by atoms with van der Waals surface area (Å²) in [4.78, 5) is 0. The van der Waals surface area contributed by atoms with E-state index >= 15 is 0 Å². The number of unbranched alkanes of at least 4 members (excludes halogenated alkanes) is 13. The molecule has 0 fully saturated rings. The molecule has 0 aromatic rings. The average Bonchev–Trinajstić information content (AvgIpc) is 2.56. The molecule has 0 aliphatic carbocycles. The van der Waals surface area contributed by atoms with Gasteiger partial charge in [0.05, 0.1) is 5.25 Å². The second kappa shape index (κ2) is 17.3. The Bertz CT molecular complexity index is 368. The molecule has 25 heavy (non-hydrogen) atoms. The van der Waals surface area contributed by atoms with Crippen molar-refractivity contribution in [1.82, 2.24) is 0 Å². The Morgan fingerprint density at radius 1 is 0.640 bits per heavy atom. The molecule has 5 heteroatoms. The van der Waals surface area contributed by atoms with E-state index in [-0.39, 0.29) is 6.61 Å². The maximum Gasteiger partial charge on any atom is 0.267 e. The highest BCUT2D eigenvalue weighted by molar-refractivity contribution is 7.86. The number of hydrogen-bond donors (Lipinski definition) is 2. The van der Waals surface area contributed by atoms with Crippen molar-refractivity contribution in [1.29, 1.82) is 0 Å². The van der Waals surface area contributed by atoms with Crippen LogP contribution in [0.15, 0.2) is 0 Å². The highest BCUT2D eigenvalue weighted by atomic mass is 32.2. The molecular formula is C20H42O4S. The van der Waals surface area contributed by atoms with Crippen LogP contribution in [0.1, 0.15) is 116 Å². The summed E-state index contributed by atoms with van der Waals surface area (Å²) < 4.78 is 32.5. The summed E-state index contributed by atoms with van der Waals surface area (Å²) in [6, 6.07) is 0. The van der Waals surface area contributed by atoms with Gasteiger partial charge in [0.15, 0.2) is 0 Å². The summed E-state index contributed by atoms with van der Waals surface area (Å²) in [6.45, 7) is 2.48. The Morgan fingerprint density at radius 3 is 1.36 bits per heavy atom. The van der Waals surface area contributed by atoms with Gasteiger partial charge in [0, 0.05) is 6.61 Å². The highest BCUT2D eigenvalue weighted by Crippen LogP contribution is 2.19. The Kier molecular flexibility index (Phi) is 17.2. The SMILES string of the molecule is CCCCCCCCCCCC(CCCCCCCCO)S(=O)(=O)O. The molecule has 0 rings (SSSR count). The van der Waals surface area contributed by atoms with E-state index in [1.807, 2.05) is 0 Å². The van der Waals surface area contributed by atoms with Crippen LogP contribution in [-0.2, 0) is 10.1 Å². The van der Waals surface area contributed by atoms with Crippen LogP contribution in [0.3, 0.4) is 0 Å². The minimum absolute atomic E-state index is 0.254. The number of rotatable bonds is 19. The molecule has 0 heterocycles. The van der Waals surface area contributed by atoms with Crippen LogP contribution in [0.25, 0.3) is 0 Å². The second-order valence-corrected chi connectivity index (χ2v) is 9.08. The smallest absolute Gasteiger partial charge is 0.267 e. The minimum Gasteiger partial charge on any atom is -0.396 e. The number of aliphatic hydroxyl groups is 1. The van der Waals surface area contributed by atoms with Gasteiger partial charge in [-0.1, -0.05) is 96.8 Å². The maximum absolute atomic E-state index is 11.5. The summed E-state index contributed by atoms with van der Waals surface area (Å²) in [5, 5.41) is 8.15. The van der Waals surface area contributed by atoms with Crippen LogP contribution in [0.5, 0.6) is 0 Å². The lowest BCUT2D eigenvalue weighted by molar-refractivity contribution is 0.282. The monoisotopic (exact) mass is 378 g/mol. The minimum atomic E-state index is -3.91. The predicted molar refractivity (Wildman–Crippen MR) is 107 cm³/mol. The Morgan fingerprint density at radius 2 is 1.00 bits per heavy atom. The zero-order chi connectivity index (χ0) is 18.8. The molecule has 0 amide bonds. The van der Waals surface area contributed by atoms with Crippen LogP contribution in [0.2, 0.25) is 0 Å². The van der Waals surface area contributed by atoms with E-state index in [1.54, 1.807) is 0 Å². The van der Waals surface area contributed by atoms with E-state index in [1.165, 1.54) is 44.9 Å². The quantitative estimate of drug-likeness (QED) is 0.217. The summed E-state index contributed by atoms with van der Waals surface area (Å²) >= 11 is 0. The molecule has 0 aromatic carbocycles. The summed E-state index contributed by atoms with van der Waals surface area (Å²) in [5.41, 5.74) is 0. The van der Waals surface area contributed by atoms with Crippen LogP contribution in [-0.4, -0.2) is 29.9 Å². The molecule has 0 aliphatic heterocycles. The number of aliphatic hydroxyl groups excluding tert-OH is 1. The van der Waals surface area contributed by atoms with Gasteiger partial charge in [-0.15, -0.1) is 0 Å². The van der Waals surface area contributed by atoms with Crippen LogP contribution in [0.4, 0.5) is 0 Å². The van der Waals surface area contributed by atoms with Crippen molar-refractivity contribution in [3.8, 4) is 0 Å². The van der Waals surface area contributed by atoms with Gasteiger partial charge in [-0.3, -0.25) is 4.55 Å². The first kappa shape index (κ1) is 24.9. The molecule has 0 saturated heterocycles. The molecule has 0 aliphatic rings. The van der Waals surface area contributed by atoms with Gasteiger partial charge < -0.3 is 5.11 Å². The molecule has 152 valence electrons. The molecule has 0 bridgehead atoms. The number of hydrogen-bond acceptors (Lipinski definition) is 3. The van der Waals surface area contributed by atoms with Gasteiger partial charge in [0.1, 0.15) is 0 Å².